The average molecular weight is 556 g/mol. The van der Waals surface area contributed by atoms with Crippen molar-refractivity contribution in [3.05, 3.63) is 76.6 Å². The van der Waals surface area contributed by atoms with Gasteiger partial charge in [-0.1, -0.05) is 11.6 Å². The number of nitrogens with one attached hydrogen (secondary N) is 1. The van der Waals surface area contributed by atoms with Crippen molar-refractivity contribution < 1.29 is 30.8 Å². The van der Waals surface area contributed by atoms with Crippen molar-refractivity contribution in [2.24, 2.45) is 0 Å². The lowest BCUT2D eigenvalue weighted by atomic mass is 10.2. The van der Waals surface area contributed by atoms with Gasteiger partial charge in [-0.2, -0.15) is 27.8 Å². The van der Waals surface area contributed by atoms with E-state index in [1.165, 1.54) is 47.3 Å². The van der Waals surface area contributed by atoms with Crippen LogP contribution in [0.4, 0.5) is 17.6 Å². The van der Waals surface area contributed by atoms with Gasteiger partial charge in [-0.15, -0.1) is 0 Å². The highest BCUT2D eigenvalue weighted by Crippen LogP contribution is 2.30. The Bertz CT molecular complexity index is 1450. The number of rotatable bonds is 6. The second kappa shape index (κ2) is 10.1. The summed E-state index contributed by atoms with van der Waals surface area (Å²) in [6.07, 6.45) is -4.99. The summed E-state index contributed by atoms with van der Waals surface area (Å²) in [5, 5.41) is 15.4. The monoisotopic (exact) mass is 555 g/mol. The highest BCUT2D eigenvalue weighted by atomic mass is 35.5. The van der Waals surface area contributed by atoms with Crippen LogP contribution in [-0.2, 0) is 27.5 Å². The minimum absolute atomic E-state index is 0.0305. The van der Waals surface area contributed by atoms with E-state index in [4.69, 9.17) is 16.9 Å². The molecular weight excluding hydrogens is 538 g/mol. The Hall–Kier alpha value is -3.47. The van der Waals surface area contributed by atoms with Crippen LogP contribution in [0.1, 0.15) is 23.1 Å². The fraction of sp³-hybridized carbons (Fsp3) is 0.261. The maximum absolute atomic E-state index is 14.2. The molecule has 1 N–H and O–H groups in total. The molecule has 2 aromatic carbocycles. The molecule has 8 nitrogen and oxygen atoms in total. The molecule has 14 heteroatoms. The van der Waals surface area contributed by atoms with Gasteiger partial charge in [0.2, 0.25) is 15.9 Å². The van der Waals surface area contributed by atoms with E-state index in [1.54, 1.807) is 0 Å². The van der Waals surface area contributed by atoms with Gasteiger partial charge in [0, 0.05) is 31.3 Å². The molecule has 1 aromatic heterocycles. The molecule has 4 rings (SSSR count). The molecule has 0 saturated carbocycles. The summed E-state index contributed by atoms with van der Waals surface area (Å²) in [5.74, 6) is -0.754. The van der Waals surface area contributed by atoms with Crippen molar-refractivity contribution in [3.63, 3.8) is 0 Å². The van der Waals surface area contributed by atoms with Crippen LogP contribution in [-0.4, -0.2) is 47.2 Å². The third kappa shape index (κ3) is 5.61. The number of hydrogen-bond acceptors (Lipinski definition) is 5. The Morgan fingerprint density at radius 2 is 1.81 bits per heavy atom. The van der Waals surface area contributed by atoms with E-state index in [0.29, 0.717) is 11.3 Å². The number of carbonyl (C=O) groups excluding carboxylic acids is 1. The average Bonchev–Trinajstić information content (AvgIpc) is 3.45. The van der Waals surface area contributed by atoms with Gasteiger partial charge in [0.05, 0.1) is 27.8 Å². The number of amides is 1. The Balaban J connectivity index is 1.47. The van der Waals surface area contributed by atoms with E-state index in [0.717, 1.165) is 16.4 Å². The molecule has 1 fully saturated rings. The van der Waals surface area contributed by atoms with Crippen molar-refractivity contribution in [2.75, 3.05) is 6.54 Å². The van der Waals surface area contributed by atoms with Crippen LogP contribution in [0, 0.1) is 11.3 Å². The fourth-order valence-corrected chi connectivity index (χ4v) is 5.66. The van der Waals surface area contributed by atoms with Crippen LogP contribution in [0.3, 0.4) is 0 Å². The minimum Gasteiger partial charge on any atom is -0.350 e. The highest BCUT2D eigenvalue weighted by Gasteiger charge is 2.44. The van der Waals surface area contributed by atoms with Crippen LogP contribution in [0.2, 0.25) is 5.15 Å². The smallest absolute Gasteiger partial charge is 0.350 e. The molecule has 37 heavy (non-hydrogen) atoms. The first kappa shape index (κ1) is 26.6. The molecule has 194 valence electrons. The number of sulfonamides is 1. The third-order valence-electron chi connectivity index (χ3n) is 5.75. The van der Waals surface area contributed by atoms with Crippen LogP contribution in [0.5, 0.6) is 0 Å². The van der Waals surface area contributed by atoms with Crippen LogP contribution < -0.4 is 5.32 Å². The summed E-state index contributed by atoms with van der Waals surface area (Å²) in [4.78, 5) is 12.7. The van der Waals surface area contributed by atoms with Gasteiger partial charge >= 0.3 is 6.18 Å². The number of benzene rings is 2. The molecule has 2 heterocycles. The zero-order valence-electron chi connectivity index (χ0n) is 18.8. The van der Waals surface area contributed by atoms with Gasteiger partial charge in [0.1, 0.15) is 12.2 Å². The quantitative estimate of drug-likeness (QED) is 0.465. The lowest BCUT2D eigenvalue weighted by Gasteiger charge is -2.23. The van der Waals surface area contributed by atoms with Gasteiger partial charge in [-0.05, 0) is 48.5 Å². The normalized spacial score (nSPS) is 18.5. The van der Waals surface area contributed by atoms with Crippen molar-refractivity contribution >= 4 is 27.5 Å². The van der Waals surface area contributed by atoms with E-state index in [2.05, 4.69) is 10.4 Å². The van der Waals surface area contributed by atoms with Gasteiger partial charge < -0.3 is 5.32 Å². The number of hydrogen-bond donors (Lipinski definition) is 1. The zero-order valence-corrected chi connectivity index (χ0v) is 20.4. The fourth-order valence-electron chi connectivity index (χ4n) is 3.84. The molecule has 1 amide bonds. The van der Waals surface area contributed by atoms with E-state index in [9.17, 15) is 30.8 Å². The Labute approximate surface area is 214 Å². The molecule has 0 unspecified atom stereocenters. The van der Waals surface area contributed by atoms with Crippen LogP contribution >= 0.6 is 11.6 Å². The van der Waals surface area contributed by atoms with Crippen LogP contribution in [0.25, 0.3) is 5.69 Å². The molecule has 0 radical (unpaired) electrons. The number of nitriles is 1. The second-order valence-electron chi connectivity index (χ2n) is 8.21. The number of alkyl halides is 4. The molecule has 1 saturated heterocycles. The summed E-state index contributed by atoms with van der Waals surface area (Å²) in [6.45, 7) is -0.691. The van der Waals surface area contributed by atoms with Crippen molar-refractivity contribution in [2.45, 2.75) is 36.3 Å². The summed E-state index contributed by atoms with van der Waals surface area (Å²) >= 11 is 6.12. The van der Waals surface area contributed by atoms with Crippen molar-refractivity contribution in [1.82, 2.24) is 19.4 Å². The first-order valence-electron chi connectivity index (χ1n) is 10.8. The maximum Gasteiger partial charge on any atom is 0.416 e. The SMILES string of the molecule is N#Cc1ccc(S(=O)(=O)N2C[C@H](F)C[C@@H]2C(=O)NCc2cn(-c3ccc(C(F)(F)F)cc3)nc2Cl)cc1. The summed E-state index contributed by atoms with van der Waals surface area (Å²) in [7, 11) is -4.23. The lowest BCUT2D eigenvalue weighted by molar-refractivity contribution is -0.137. The van der Waals surface area contributed by atoms with E-state index < -0.39 is 46.4 Å². The Morgan fingerprint density at radius 1 is 1.16 bits per heavy atom. The number of halogens is 5. The first-order valence-corrected chi connectivity index (χ1v) is 12.6. The van der Waals surface area contributed by atoms with E-state index in [1.807, 2.05) is 6.07 Å². The number of nitrogens with zero attached hydrogens (tertiary/aromatic N) is 4. The van der Waals surface area contributed by atoms with Gasteiger partial charge in [0.25, 0.3) is 0 Å². The molecular formula is C23H18ClF4N5O3S. The predicted octanol–water partition coefficient (Wildman–Crippen LogP) is 3.83. The van der Waals surface area contributed by atoms with Crippen molar-refractivity contribution in [3.8, 4) is 11.8 Å². The number of carbonyl (C=O) groups is 1. The second-order valence-corrected chi connectivity index (χ2v) is 10.5. The summed E-state index contributed by atoms with van der Waals surface area (Å²) < 4.78 is 80.7. The van der Waals surface area contributed by atoms with Crippen molar-refractivity contribution in [1.29, 1.82) is 5.26 Å². The molecule has 1 aliphatic rings. The van der Waals surface area contributed by atoms with Crippen LogP contribution in [0.15, 0.2) is 59.6 Å². The predicted molar refractivity (Wildman–Crippen MR) is 124 cm³/mol. The third-order valence-corrected chi connectivity index (χ3v) is 7.96. The molecule has 1 aliphatic heterocycles. The maximum atomic E-state index is 14.2. The molecule has 0 aliphatic carbocycles. The first-order chi connectivity index (χ1) is 17.4. The molecule has 3 aromatic rings. The summed E-state index contributed by atoms with van der Waals surface area (Å²) in [6, 6.07) is 9.79. The van der Waals surface area contributed by atoms with E-state index in [-0.39, 0.29) is 28.6 Å². The molecule has 0 bridgehead atoms. The highest BCUT2D eigenvalue weighted by molar-refractivity contribution is 7.89. The van der Waals surface area contributed by atoms with Gasteiger partial charge in [-0.25, -0.2) is 17.5 Å². The van der Waals surface area contributed by atoms with Gasteiger partial charge in [-0.3, -0.25) is 4.79 Å². The largest absolute Gasteiger partial charge is 0.416 e. The standard InChI is InChI=1S/C23H18ClF4N5O3S/c24-21-15(12-32(31-21)18-5-3-16(4-6-18)23(26,27)28)11-30-22(34)20-9-17(25)13-33(20)37(35,36)19-7-1-14(10-29)2-8-19/h1-8,12,17,20H,9,11,13H2,(H,30,34)/t17-,20-/m1/s1. The van der Waals surface area contributed by atoms with E-state index >= 15 is 0 Å². The topological polar surface area (TPSA) is 108 Å². The number of aromatic nitrogens is 2. The lowest BCUT2D eigenvalue weighted by Crippen LogP contribution is -2.45. The Kier molecular flexibility index (Phi) is 7.27. The zero-order chi connectivity index (χ0) is 27.0. The summed E-state index contributed by atoms with van der Waals surface area (Å²) in [5.41, 5.74) is 0.0198. The Morgan fingerprint density at radius 3 is 2.41 bits per heavy atom. The minimum atomic E-state index is -4.49. The van der Waals surface area contributed by atoms with Gasteiger partial charge in [0.15, 0.2) is 5.15 Å². The molecule has 0 spiro atoms. The molecule has 2 atom stereocenters.